The summed E-state index contributed by atoms with van der Waals surface area (Å²) in [6, 6.07) is 10.4. The second-order valence-corrected chi connectivity index (χ2v) is 3.45. The van der Waals surface area contributed by atoms with Crippen LogP contribution in [0.5, 0.6) is 0 Å². The molecule has 1 unspecified atom stereocenters. The molecule has 0 N–H and O–H groups in total. The van der Waals surface area contributed by atoms with E-state index < -0.39 is 0 Å². The lowest BCUT2D eigenvalue weighted by molar-refractivity contribution is 0.301. The van der Waals surface area contributed by atoms with Crippen LogP contribution in [0.1, 0.15) is 18.0 Å². The van der Waals surface area contributed by atoms with Gasteiger partial charge in [0.2, 0.25) is 0 Å². The van der Waals surface area contributed by atoms with Gasteiger partial charge in [0.05, 0.1) is 0 Å². The summed E-state index contributed by atoms with van der Waals surface area (Å²) >= 11 is 0. The summed E-state index contributed by atoms with van der Waals surface area (Å²) < 4.78 is 0. The van der Waals surface area contributed by atoms with Crippen LogP contribution in [0.25, 0.3) is 0 Å². The van der Waals surface area contributed by atoms with Gasteiger partial charge in [0.25, 0.3) is 0 Å². The first-order chi connectivity index (χ1) is 6.75. The Morgan fingerprint density at radius 3 is 2.50 bits per heavy atom. The maximum atomic E-state index is 10.2. The highest BCUT2D eigenvalue weighted by Gasteiger charge is 2.11. The van der Waals surface area contributed by atoms with Crippen molar-refractivity contribution in [1.29, 1.82) is 0 Å². The van der Waals surface area contributed by atoms with E-state index in [1.165, 1.54) is 11.6 Å². The molecule has 0 radical (unpaired) electrons. The lowest BCUT2D eigenvalue weighted by Crippen LogP contribution is -2.19. The van der Waals surface area contributed by atoms with Gasteiger partial charge in [-0.15, -0.1) is 0 Å². The normalized spacial score (nSPS) is 12.2. The molecule has 0 fully saturated rings. The van der Waals surface area contributed by atoms with Crippen molar-refractivity contribution in [3.63, 3.8) is 0 Å². The average molecular weight is 189 g/mol. The second-order valence-electron chi connectivity index (χ2n) is 3.45. The smallest absolute Gasteiger partial charge is 0.120 e. The number of carbonyl (C=O) groups excluding carboxylic acids is 1. The number of hydrogen-bond donors (Lipinski definition) is 0. The maximum Gasteiger partial charge on any atom is 0.120 e. The van der Waals surface area contributed by atoms with E-state index in [1.54, 1.807) is 0 Å². The third-order valence-electron chi connectivity index (χ3n) is 2.23. The fraction of sp³-hybridized carbons (Fsp3) is 0.333. The van der Waals surface area contributed by atoms with Crippen LogP contribution < -0.4 is 0 Å². The Labute approximate surface area is 84.9 Å². The molecular weight excluding hydrogens is 174 g/mol. The quantitative estimate of drug-likeness (QED) is 0.676. The highest BCUT2D eigenvalue weighted by Crippen LogP contribution is 2.21. The number of rotatable bonds is 4. The highest BCUT2D eigenvalue weighted by atomic mass is 16.1. The first kappa shape index (κ1) is 10.7. The van der Waals surface area contributed by atoms with Crippen molar-refractivity contribution in [3.8, 4) is 0 Å². The van der Waals surface area contributed by atoms with Gasteiger partial charge in [0.15, 0.2) is 0 Å². The van der Waals surface area contributed by atoms with Gasteiger partial charge in [-0.2, -0.15) is 0 Å². The molecule has 74 valence electrons. The number of hydrogen-bond acceptors (Lipinski definition) is 2. The number of benzene rings is 1. The highest BCUT2D eigenvalue weighted by molar-refractivity contribution is 5.45. The Hall–Kier alpha value is -1.37. The minimum Gasteiger partial charge on any atom is -0.302 e. The van der Waals surface area contributed by atoms with Crippen molar-refractivity contribution in [1.82, 2.24) is 4.90 Å². The topological polar surface area (TPSA) is 20.3 Å². The van der Waals surface area contributed by atoms with Gasteiger partial charge in [0, 0.05) is 12.1 Å². The molecule has 0 aliphatic rings. The zero-order valence-corrected chi connectivity index (χ0v) is 8.60. The third-order valence-corrected chi connectivity index (χ3v) is 2.23. The van der Waals surface area contributed by atoms with Gasteiger partial charge in [-0.05, 0) is 26.1 Å². The van der Waals surface area contributed by atoms with Crippen LogP contribution in [0.15, 0.2) is 36.4 Å². The van der Waals surface area contributed by atoms with E-state index in [0.717, 1.165) is 0 Å². The van der Waals surface area contributed by atoms with Crippen LogP contribution >= 0.6 is 0 Å². The van der Waals surface area contributed by atoms with Crippen LogP contribution in [-0.2, 0) is 4.79 Å². The SMILES string of the molecule is CN(C)C(CC=C=O)c1ccccc1. The monoisotopic (exact) mass is 189 g/mol. The molecular formula is C12H15NO. The molecule has 0 bridgehead atoms. The van der Waals surface area contributed by atoms with E-state index >= 15 is 0 Å². The van der Waals surface area contributed by atoms with Gasteiger partial charge < -0.3 is 4.90 Å². The third kappa shape index (κ3) is 2.84. The van der Waals surface area contributed by atoms with Crippen LogP contribution in [0.2, 0.25) is 0 Å². The molecule has 0 aromatic heterocycles. The minimum atomic E-state index is 0.262. The summed E-state index contributed by atoms with van der Waals surface area (Å²) in [6.07, 6.45) is 2.25. The molecule has 14 heavy (non-hydrogen) atoms. The fourth-order valence-electron chi connectivity index (χ4n) is 1.48. The molecule has 2 nitrogen and oxygen atoms in total. The van der Waals surface area contributed by atoms with Crippen LogP contribution in [0.3, 0.4) is 0 Å². The molecule has 1 aromatic rings. The van der Waals surface area contributed by atoms with E-state index in [4.69, 9.17) is 0 Å². The molecule has 0 amide bonds. The Bertz CT molecular complexity index is 312. The van der Waals surface area contributed by atoms with E-state index in [1.807, 2.05) is 38.2 Å². The summed E-state index contributed by atoms with van der Waals surface area (Å²) in [4.78, 5) is 12.3. The van der Waals surface area contributed by atoms with Crippen LogP contribution in [0, 0.1) is 0 Å². The van der Waals surface area contributed by atoms with Gasteiger partial charge >= 0.3 is 0 Å². The predicted octanol–water partition coefficient (Wildman–Crippen LogP) is 2.07. The molecule has 0 saturated heterocycles. The van der Waals surface area contributed by atoms with Gasteiger partial charge in [0.1, 0.15) is 5.94 Å². The Morgan fingerprint density at radius 2 is 2.00 bits per heavy atom. The molecule has 0 aliphatic heterocycles. The van der Waals surface area contributed by atoms with Gasteiger partial charge in [-0.25, -0.2) is 4.79 Å². The Kier molecular flexibility index (Phi) is 4.11. The first-order valence-corrected chi connectivity index (χ1v) is 4.66. The van der Waals surface area contributed by atoms with E-state index in [9.17, 15) is 4.79 Å². The van der Waals surface area contributed by atoms with Crippen molar-refractivity contribution in [2.24, 2.45) is 0 Å². The molecule has 1 aromatic carbocycles. The standard InChI is InChI=1S/C12H15NO/c1-13(2)12(9-6-10-14)11-7-4-3-5-8-11/h3-8,12H,9H2,1-2H3. The molecule has 1 rings (SSSR count). The molecule has 0 saturated carbocycles. The Morgan fingerprint density at radius 1 is 1.36 bits per heavy atom. The largest absolute Gasteiger partial charge is 0.302 e. The zero-order valence-electron chi connectivity index (χ0n) is 8.60. The lowest BCUT2D eigenvalue weighted by atomic mass is 10.0. The predicted molar refractivity (Wildman–Crippen MR) is 57.8 cm³/mol. The summed E-state index contributed by atoms with van der Waals surface area (Å²) in [6.45, 7) is 0. The first-order valence-electron chi connectivity index (χ1n) is 4.66. The van der Waals surface area contributed by atoms with Gasteiger partial charge in [-0.1, -0.05) is 30.3 Å². The second kappa shape index (κ2) is 5.38. The van der Waals surface area contributed by atoms with Crippen LogP contribution in [0.4, 0.5) is 0 Å². The Balaban J connectivity index is 2.83. The molecule has 2 heteroatoms. The van der Waals surface area contributed by atoms with Crippen molar-refractivity contribution in [3.05, 3.63) is 42.0 Å². The summed E-state index contributed by atoms with van der Waals surface area (Å²) in [7, 11) is 4.02. The maximum absolute atomic E-state index is 10.2. The molecule has 1 atom stereocenters. The fourth-order valence-corrected chi connectivity index (χ4v) is 1.48. The lowest BCUT2D eigenvalue weighted by Gasteiger charge is -2.22. The van der Waals surface area contributed by atoms with E-state index in [2.05, 4.69) is 17.0 Å². The van der Waals surface area contributed by atoms with E-state index in [-0.39, 0.29) is 6.04 Å². The molecule has 0 spiro atoms. The molecule has 0 aliphatic carbocycles. The summed E-state index contributed by atoms with van der Waals surface area (Å²) in [5.74, 6) is 1.82. The van der Waals surface area contributed by atoms with Crippen molar-refractivity contribution in [2.75, 3.05) is 14.1 Å². The van der Waals surface area contributed by atoms with Crippen molar-refractivity contribution >= 4 is 5.94 Å². The van der Waals surface area contributed by atoms with Crippen molar-refractivity contribution in [2.45, 2.75) is 12.5 Å². The van der Waals surface area contributed by atoms with Crippen LogP contribution in [-0.4, -0.2) is 24.9 Å². The van der Waals surface area contributed by atoms with E-state index in [0.29, 0.717) is 6.42 Å². The summed E-state index contributed by atoms with van der Waals surface area (Å²) in [5.41, 5.74) is 1.23. The van der Waals surface area contributed by atoms with Crippen molar-refractivity contribution < 1.29 is 4.79 Å². The summed E-state index contributed by atoms with van der Waals surface area (Å²) in [5, 5.41) is 0. The minimum absolute atomic E-state index is 0.262. The van der Waals surface area contributed by atoms with Gasteiger partial charge in [-0.3, -0.25) is 0 Å². The zero-order chi connectivity index (χ0) is 10.4. The molecule has 0 heterocycles. The number of nitrogens with zero attached hydrogens (tertiary/aromatic N) is 1. The average Bonchev–Trinajstić information content (AvgIpc) is 2.19.